The van der Waals surface area contributed by atoms with Crippen molar-refractivity contribution >= 4 is 34.8 Å². The Balaban J connectivity index is 2.89. The first-order valence-corrected chi connectivity index (χ1v) is 7.02. The van der Waals surface area contributed by atoms with Gasteiger partial charge in [0.15, 0.2) is 0 Å². The highest BCUT2D eigenvalue weighted by atomic mass is 35.5. The van der Waals surface area contributed by atoms with Gasteiger partial charge in [-0.3, -0.25) is 0 Å². The Morgan fingerprint density at radius 3 is 2.56 bits per heavy atom. The largest absolute Gasteiger partial charge is 0.369 e. The molecule has 1 rings (SSSR count). The summed E-state index contributed by atoms with van der Waals surface area (Å²) >= 11 is 12.3. The third-order valence-corrected chi connectivity index (χ3v) is 3.22. The summed E-state index contributed by atoms with van der Waals surface area (Å²) in [5, 5.41) is 4.28. The van der Waals surface area contributed by atoms with Crippen LogP contribution in [0.15, 0.2) is 6.07 Å². The Bertz CT molecular complexity index is 394. The van der Waals surface area contributed by atoms with Crippen LogP contribution in [0.25, 0.3) is 0 Å². The summed E-state index contributed by atoms with van der Waals surface area (Å²) in [6.07, 6.45) is 1.10. The summed E-state index contributed by atoms with van der Waals surface area (Å²) in [7, 11) is 2.00. The van der Waals surface area contributed by atoms with Crippen molar-refractivity contribution in [3.05, 3.63) is 16.1 Å². The van der Waals surface area contributed by atoms with Gasteiger partial charge in [0.25, 0.3) is 0 Å². The van der Waals surface area contributed by atoms with E-state index >= 15 is 0 Å². The first kappa shape index (κ1) is 15.4. The van der Waals surface area contributed by atoms with Gasteiger partial charge in [-0.05, 0) is 25.3 Å². The van der Waals surface area contributed by atoms with E-state index in [1.165, 1.54) is 0 Å². The minimum Gasteiger partial charge on any atom is -0.369 e. The van der Waals surface area contributed by atoms with E-state index in [1.54, 1.807) is 6.07 Å². The number of hydrogen-bond donors (Lipinski definition) is 1. The van der Waals surface area contributed by atoms with Gasteiger partial charge in [0, 0.05) is 20.1 Å². The summed E-state index contributed by atoms with van der Waals surface area (Å²) < 4.78 is 0. The lowest BCUT2D eigenvalue weighted by Gasteiger charge is -2.21. The molecule has 0 amide bonds. The second kappa shape index (κ2) is 7.05. The number of halogens is 2. The zero-order valence-electron chi connectivity index (χ0n) is 11.4. The molecule has 0 aliphatic rings. The summed E-state index contributed by atoms with van der Waals surface area (Å²) in [6, 6.07) is 1.75. The van der Waals surface area contributed by atoms with E-state index in [0.29, 0.717) is 21.8 Å². The number of rotatable bonds is 6. The first-order chi connectivity index (χ1) is 8.45. The van der Waals surface area contributed by atoms with Crippen molar-refractivity contribution in [2.24, 2.45) is 5.92 Å². The molecule has 0 aliphatic heterocycles. The van der Waals surface area contributed by atoms with Crippen molar-refractivity contribution in [3.63, 3.8) is 0 Å². The van der Waals surface area contributed by atoms with E-state index in [4.69, 9.17) is 23.2 Å². The lowest BCUT2D eigenvalue weighted by atomic mass is 10.1. The molecule has 0 atom stereocenters. The molecular formula is C13H21Cl2N3. The number of pyridine rings is 1. The number of anilines is 2. The van der Waals surface area contributed by atoms with Crippen LogP contribution in [0, 0.1) is 5.92 Å². The van der Waals surface area contributed by atoms with Crippen LogP contribution < -0.4 is 10.2 Å². The van der Waals surface area contributed by atoms with Gasteiger partial charge in [-0.15, -0.1) is 0 Å². The van der Waals surface area contributed by atoms with Crippen molar-refractivity contribution in [2.45, 2.75) is 27.2 Å². The molecule has 1 aromatic heterocycles. The summed E-state index contributed by atoms with van der Waals surface area (Å²) in [5.41, 5.74) is 0. The van der Waals surface area contributed by atoms with Gasteiger partial charge in [-0.2, -0.15) is 0 Å². The van der Waals surface area contributed by atoms with Gasteiger partial charge in [0.2, 0.25) is 0 Å². The Labute approximate surface area is 119 Å². The fourth-order valence-electron chi connectivity index (χ4n) is 1.57. The summed E-state index contributed by atoms with van der Waals surface area (Å²) in [6.45, 7) is 8.12. The molecule has 0 saturated heterocycles. The molecule has 0 saturated carbocycles. The Morgan fingerprint density at radius 2 is 2.00 bits per heavy atom. The fraction of sp³-hybridized carbons (Fsp3) is 0.615. The predicted octanol–water partition coefficient (Wildman–Crippen LogP) is 4.30. The van der Waals surface area contributed by atoms with Crippen molar-refractivity contribution in [1.82, 2.24) is 4.98 Å². The van der Waals surface area contributed by atoms with E-state index < -0.39 is 0 Å². The summed E-state index contributed by atoms with van der Waals surface area (Å²) in [4.78, 5) is 6.56. The number of nitrogens with zero attached hydrogens (tertiary/aromatic N) is 2. The standard InChI is InChI=1S/C13H21Cl2N3/c1-5-16-12-10(14)8-11(15)13(17-12)18(4)7-6-9(2)3/h8-9H,5-7H2,1-4H3,(H,16,17). The lowest BCUT2D eigenvalue weighted by Crippen LogP contribution is -2.22. The maximum absolute atomic E-state index is 6.20. The quantitative estimate of drug-likeness (QED) is 0.846. The predicted molar refractivity (Wildman–Crippen MR) is 81.1 cm³/mol. The number of aromatic nitrogens is 1. The third kappa shape index (κ3) is 4.21. The topological polar surface area (TPSA) is 28.2 Å². The number of nitrogens with one attached hydrogen (secondary N) is 1. The Kier molecular flexibility index (Phi) is 6.03. The zero-order valence-corrected chi connectivity index (χ0v) is 12.9. The highest BCUT2D eigenvalue weighted by molar-refractivity contribution is 6.37. The molecule has 1 heterocycles. The molecule has 0 radical (unpaired) electrons. The zero-order chi connectivity index (χ0) is 13.7. The molecule has 0 aromatic carbocycles. The van der Waals surface area contributed by atoms with Crippen molar-refractivity contribution in [1.29, 1.82) is 0 Å². The van der Waals surface area contributed by atoms with Crippen LogP contribution >= 0.6 is 23.2 Å². The van der Waals surface area contributed by atoms with E-state index in [0.717, 1.165) is 25.3 Å². The van der Waals surface area contributed by atoms with Crippen molar-refractivity contribution in [2.75, 3.05) is 30.4 Å². The molecule has 102 valence electrons. The Morgan fingerprint density at radius 1 is 1.33 bits per heavy atom. The van der Waals surface area contributed by atoms with Crippen LogP contribution in [-0.2, 0) is 0 Å². The number of hydrogen-bond acceptors (Lipinski definition) is 3. The van der Waals surface area contributed by atoms with Gasteiger partial charge in [0.1, 0.15) is 11.6 Å². The molecule has 1 aromatic rings. The maximum atomic E-state index is 6.20. The van der Waals surface area contributed by atoms with Gasteiger partial charge >= 0.3 is 0 Å². The van der Waals surface area contributed by atoms with Crippen LogP contribution in [0.5, 0.6) is 0 Å². The van der Waals surface area contributed by atoms with Gasteiger partial charge in [-0.25, -0.2) is 4.98 Å². The molecular weight excluding hydrogens is 269 g/mol. The van der Waals surface area contributed by atoms with Crippen LogP contribution in [0.4, 0.5) is 11.6 Å². The van der Waals surface area contributed by atoms with E-state index in [1.807, 2.05) is 14.0 Å². The molecule has 5 heteroatoms. The van der Waals surface area contributed by atoms with E-state index in [9.17, 15) is 0 Å². The first-order valence-electron chi connectivity index (χ1n) is 6.26. The molecule has 3 nitrogen and oxygen atoms in total. The van der Waals surface area contributed by atoms with Gasteiger partial charge in [-0.1, -0.05) is 37.0 Å². The van der Waals surface area contributed by atoms with E-state index in [2.05, 4.69) is 29.0 Å². The lowest BCUT2D eigenvalue weighted by molar-refractivity contribution is 0.584. The molecule has 0 aliphatic carbocycles. The van der Waals surface area contributed by atoms with Crippen LogP contribution in [0.3, 0.4) is 0 Å². The minimum absolute atomic E-state index is 0.558. The van der Waals surface area contributed by atoms with Gasteiger partial charge in [0.05, 0.1) is 10.0 Å². The monoisotopic (exact) mass is 289 g/mol. The molecule has 1 N–H and O–H groups in total. The summed E-state index contributed by atoms with van der Waals surface area (Å²) in [5.74, 6) is 2.12. The van der Waals surface area contributed by atoms with Crippen molar-refractivity contribution < 1.29 is 0 Å². The highest BCUT2D eigenvalue weighted by Gasteiger charge is 2.12. The molecule has 0 bridgehead atoms. The molecule has 18 heavy (non-hydrogen) atoms. The normalized spacial score (nSPS) is 10.8. The Hall–Kier alpha value is -0.670. The fourth-order valence-corrected chi connectivity index (χ4v) is 2.14. The smallest absolute Gasteiger partial charge is 0.149 e. The molecule has 0 unspecified atom stereocenters. The van der Waals surface area contributed by atoms with Crippen LogP contribution in [0.2, 0.25) is 10.0 Å². The van der Waals surface area contributed by atoms with Gasteiger partial charge < -0.3 is 10.2 Å². The third-order valence-electron chi connectivity index (χ3n) is 2.66. The molecule has 0 spiro atoms. The van der Waals surface area contributed by atoms with Crippen molar-refractivity contribution in [3.8, 4) is 0 Å². The SMILES string of the molecule is CCNc1nc(N(C)CCC(C)C)c(Cl)cc1Cl. The average molecular weight is 290 g/mol. The van der Waals surface area contributed by atoms with Crippen LogP contribution in [-0.4, -0.2) is 25.1 Å². The highest BCUT2D eigenvalue weighted by Crippen LogP contribution is 2.31. The maximum Gasteiger partial charge on any atom is 0.149 e. The second-order valence-electron chi connectivity index (χ2n) is 4.76. The molecule has 0 fully saturated rings. The van der Waals surface area contributed by atoms with E-state index in [-0.39, 0.29) is 0 Å². The van der Waals surface area contributed by atoms with Crippen LogP contribution in [0.1, 0.15) is 27.2 Å². The second-order valence-corrected chi connectivity index (χ2v) is 5.57. The average Bonchev–Trinajstić information content (AvgIpc) is 2.29. The minimum atomic E-state index is 0.558.